The molecule has 108 valence electrons. The molecule has 0 radical (unpaired) electrons. The Balaban J connectivity index is 0.00000324. The Hall–Kier alpha value is 0.710. The monoisotopic (exact) mass is 308 g/mol. The molecule has 0 aliphatic carbocycles. The van der Waals surface area contributed by atoms with E-state index in [1.165, 1.54) is 6.92 Å². The van der Waals surface area contributed by atoms with Gasteiger partial charge in [0.05, 0.1) is 6.10 Å². The molecular formula is C9H17NaO8S. The second kappa shape index (κ2) is 8.23. The Morgan fingerprint density at radius 2 is 1.89 bits per heavy atom. The molecule has 1 rings (SSSR count). The summed E-state index contributed by atoms with van der Waals surface area (Å²) in [6.45, 7) is 3.57. The zero-order chi connectivity index (χ0) is 13.9. The number of rotatable bonds is 5. The Morgan fingerprint density at radius 1 is 1.32 bits per heavy atom. The molecule has 1 fully saturated rings. The fraction of sp³-hybridized carbons (Fsp3) is 1.00. The van der Waals surface area contributed by atoms with E-state index >= 15 is 0 Å². The molecule has 0 bridgehead atoms. The minimum absolute atomic E-state index is 0. The second-order valence-electron chi connectivity index (χ2n) is 4.03. The van der Waals surface area contributed by atoms with Crippen LogP contribution in [-0.2, 0) is 24.1 Å². The smallest absolute Gasteiger partial charge is 0.726 e. The molecule has 0 unspecified atom stereocenters. The van der Waals surface area contributed by atoms with E-state index in [0.29, 0.717) is 13.0 Å². The van der Waals surface area contributed by atoms with Crippen molar-refractivity contribution in [2.24, 2.45) is 0 Å². The van der Waals surface area contributed by atoms with E-state index in [9.17, 15) is 23.2 Å². The van der Waals surface area contributed by atoms with Gasteiger partial charge in [-0.2, -0.15) is 0 Å². The summed E-state index contributed by atoms with van der Waals surface area (Å²) in [5.41, 5.74) is 0. The van der Waals surface area contributed by atoms with Crippen molar-refractivity contribution in [2.75, 3.05) is 6.61 Å². The van der Waals surface area contributed by atoms with Gasteiger partial charge in [0.15, 0.2) is 6.29 Å². The van der Waals surface area contributed by atoms with Gasteiger partial charge in [-0.1, -0.05) is 6.92 Å². The minimum atomic E-state index is -4.99. The summed E-state index contributed by atoms with van der Waals surface area (Å²) in [4.78, 5) is 0. The standard InChI is InChI=1S/C9H18O8S.Na/c1-3-4-15-9-7(11)6(10)8(5(2)16-9)17-18(12,13)14;/h5-11H,3-4H2,1-2H3,(H,12,13,14);/q;+1/p-1/t5-,6-,7-,8+,9+;/m0./s1. The largest absolute Gasteiger partial charge is 1.00 e. The van der Waals surface area contributed by atoms with Crippen LogP contribution in [0.2, 0.25) is 0 Å². The maximum Gasteiger partial charge on any atom is 1.00 e. The van der Waals surface area contributed by atoms with Gasteiger partial charge < -0.3 is 24.2 Å². The van der Waals surface area contributed by atoms with Gasteiger partial charge in [-0.3, -0.25) is 4.18 Å². The van der Waals surface area contributed by atoms with E-state index in [-0.39, 0.29) is 29.6 Å². The fourth-order valence-electron chi connectivity index (χ4n) is 1.65. The third-order valence-corrected chi connectivity index (χ3v) is 2.95. The predicted molar refractivity (Wildman–Crippen MR) is 57.2 cm³/mol. The molecular weight excluding hydrogens is 291 g/mol. The van der Waals surface area contributed by atoms with Gasteiger partial charge >= 0.3 is 29.6 Å². The first-order chi connectivity index (χ1) is 8.26. The van der Waals surface area contributed by atoms with Gasteiger partial charge in [-0.25, -0.2) is 8.42 Å². The summed E-state index contributed by atoms with van der Waals surface area (Å²) in [5, 5.41) is 19.4. The molecule has 0 aromatic carbocycles. The number of aliphatic hydroxyl groups excluding tert-OH is 2. The van der Waals surface area contributed by atoms with Crippen LogP contribution in [0.4, 0.5) is 0 Å². The molecule has 19 heavy (non-hydrogen) atoms. The van der Waals surface area contributed by atoms with Gasteiger partial charge in [-0.15, -0.1) is 0 Å². The van der Waals surface area contributed by atoms with Crippen molar-refractivity contribution >= 4 is 10.4 Å². The number of aliphatic hydroxyl groups is 2. The number of hydrogen-bond donors (Lipinski definition) is 2. The summed E-state index contributed by atoms with van der Waals surface area (Å²) < 4.78 is 46.0. The maximum atomic E-state index is 10.5. The minimum Gasteiger partial charge on any atom is -0.726 e. The number of ether oxygens (including phenoxy) is 2. The van der Waals surface area contributed by atoms with Gasteiger partial charge in [0, 0.05) is 6.61 Å². The Kier molecular flexibility index (Phi) is 8.53. The molecule has 0 aromatic heterocycles. The van der Waals surface area contributed by atoms with E-state index in [1.54, 1.807) is 0 Å². The van der Waals surface area contributed by atoms with E-state index in [2.05, 4.69) is 4.18 Å². The summed E-state index contributed by atoms with van der Waals surface area (Å²) in [5.74, 6) is 0. The second-order valence-corrected chi connectivity index (χ2v) is 5.04. The predicted octanol–water partition coefficient (Wildman–Crippen LogP) is -4.27. The van der Waals surface area contributed by atoms with Crippen LogP contribution in [0, 0.1) is 0 Å². The quantitative estimate of drug-likeness (QED) is 0.297. The zero-order valence-electron chi connectivity index (χ0n) is 11.1. The van der Waals surface area contributed by atoms with E-state index in [4.69, 9.17) is 9.47 Å². The molecule has 0 amide bonds. The van der Waals surface area contributed by atoms with Crippen LogP contribution >= 0.6 is 0 Å². The van der Waals surface area contributed by atoms with Crippen molar-refractivity contribution in [1.82, 2.24) is 0 Å². The van der Waals surface area contributed by atoms with Crippen LogP contribution < -0.4 is 29.6 Å². The Morgan fingerprint density at radius 3 is 2.37 bits per heavy atom. The normalized spacial score (nSPS) is 35.7. The van der Waals surface area contributed by atoms with Crippen molar-refractivity contribution in [3.63, 3.8) is 0 Å². The zero-order valence-corrected chi connectivity index (χ0v) is 13.9. The molecule has 0 saturated carbocycles. The van der Waals surface area contributed by atoms with Crippen LogP contribution in [0.1, 0.15) is 20.3 Å². The third-order valence-electron chi connectivity index (χ3n) is 2.49. The van der Waals surface area contributed by atoms with Crippen LogP contribution in [-0.4, -0.2) is 60.5 Å². The summed E-state index contributed by atoms with van der Waals surface area (Å²) in [6.07, 6.45) is -5.83. The Labute approximate surface area is 134 Å². The molecule has 0 spiro atoms. The van der Waals surface area contributed by atoms with Gasteiger partial charge in [-0.05, 0) is 13.3 Å². The first-order valence-electron chi connectivity index (χ1n) is 5.53. The van der Waals surface area contributed by atoms with Crippen LogP contribution in [0.15, 0.2) is 0 Å². The summed E-state index contributed by atoms with van der Waals surface area (Å²) >= 11 is 0. The average Bonchev–Trinajstić information content (AvgIpc) is 2.26. The van der Waals surface area contributed by atoms with E-state index in [0.717, 1.165) is 0 Å². The topological polar surface area (TPSA) is 125 Å². The number of hydrogen-bond acceptors (Lipinski definition) is 8. The molecule has 1 heterocycles. The van der Waals surface area contributed by atoms with E-state index in [1.807, 2.05) is 6.92 Å². The first-order valence-corrected chi connectivity index (χ1v) is 6.87. The maximum absolute atomic E-state index is 10.5. The molecule has 5 atom stereocenters. The van der Waals surface area contributed by atoms with Crippen molar-refractivity contribution in [3.8, 4) is 0 Å². The fourth-order valence-corrected chi connectivity index (χ4v) is 2.19. The van der Waals surface area contributed by atoms with Crippen LogP contribution in [0.25, 0.3) is 0 Å². The SMILES string of the molecule is CCCO[C@@H]1O[C@@H](C)[C@@H](OS(=O)(=O)[O-])[C@@H](O)[C@@H]1O.[Na+]. The van der Waals surface area contributed by atoms with Crippen LogP contribution in [0.5, 0.6) is 0 Å². The van der Waals surface area contributed by atoms with Gasteiger partial charge in [0.25, 0.3) is 0 Å². The molecule has 0 aromatic rings. The Bertz CT molecular complexity index is 361. The van der Waals surface area contributed by atoms with E-state index < -0.39 is 41.1 Å². The van der Waals surface area contributed by atoms with Crippen molar-refractivity contribution < 1.29 is 66.4 Å². The molecule has 2 N–H and O–H groups in total. The van der Waals surface area contributed by atoms with Gasteiger partial charge in [0.1, 0.15) is 18.3 Å². The average molecular weight is 308 g/mol. The van der Waals surface area contributed by atoms with Gasteiger partial charge in [0.2, 0.25) is 10.4 Å². The van der Waals surface area contributed by atoms with Crippen molar-refractivity contribution in [1.29, 1.82) is 0 Å². The third kappa shape index (κ3) is 5.92. The molecule has 8 nitrogen and oxygen atoms in total. The van der Waals surface area contributed by atoms with Crippen LogP contribution in [0.3, 0.4) is 0 Å². The summed E-state index contributed by atoms with van der Waals surface area (Å²) in [6, 6.07) is 0. The molecule has 1 aliphatic rings. The van der Waals surface area contributed by atoms with Crippen molar-refractivity contribution in [3.05, 3.63) is 0 Å². The van der Waals surface area contributed by atoms with Crippen molar-refractivity contribution in [2.45, 2.75) is 51.0 Å². The first kappa shape index (κ1) is 19.7. The molecule has 10 heteroatoms. The summed E-state index contributed by atoms with van der Waals surface area (Å²) in [7, 11) is -4.99. The molecule has 1 saturated heterocycles. The molecule has 1 aliphatic heterocycles.